The van der Waals surface area contributed by atoms with Crippen molar-refractivity contribution in [3.8, 4) is 0 Å². The number of hydrogen-bond donors (Lipinski definition) is 1. The number of hydrogen-bond acceptors (Lipinski definition) is 2. The molecule has 0 saturated carbocycles. The predicted molar refractivity (Wildman–Crippen MR) is 35.6 cm³/mol. The highest BCUT2D eigenvalue weighted by molar-refractivity contribution is 4.64. The topological polar surface area (TPSA) is 58.1 Å². The molecule has 3 N–H and O–H groups in total. The van der Waals surface area contributed by atoms with Gasteiger partial charge in [0.15, 0.2) is 0 Å². The van der Waals surface area contributed by atoms with Gasteiger partial charge in [0.2, 0.25) is 0 Å². The van der Waals surface area contributed by atoms with Crippen LogP contribution in [0.1, 0.15) is 0 Å². The van der Waals surface area contributed by atoms with Crippen molar-refractivity contribution in [3.05, 3.63) is 17.9 Å². The van der Waals surface area contributed by atoms with Crippen LogP contribution in [0.3, 0.4) is 0 Å². The molecule has 0 aromatic carbocycles. The Labute approximate surface area is 50.4 Å². The van der Waals surface area contributed by atoms with Gasteiger partial charge in [-0.2, -0.15) is 0 Å². The van der Waals surface area contributed by atoms with E-state index in [1.807, 2.05) is 0 Å². The lowest BCUT2D eigenvalue weighted by atomic mass is 10.6. The second-order valence-electron chi connectivity index (χ2n) is 2.05. The normalized spacial score (nSPS) is 9.88. The van der Waals surface area contributed by atoms with Crippen LogP contribution in [0.4, 0.5) is 0 Å². The minimum Gasteiger partial charge on any atom is -0.633 e. The molecule has 0 amide bonds. The Balaban J connectivity index is 0. The SMILES string of the molecule is C=CC[N+](C)(C)[O-].N. The van der Waals surface area contributed by atoms with Crippen LogP contribution >= 0.6 is 0 Å². The Hall–Kier alpha value is -0.380. The standard InChI is InChI=1S/C5H11NO.H3N/c1-4-5-6(2,3)7;/h4H,1,5H2,2-3H3;1H3. The Morgan fingerprint density at radius 1 is 1.62 bits per heavy atom. The van der Waals surface area contributed by atoms with Crippen LogP contribution in [0.25, 0.3) is 0 Å². The van der Waals surface area contributed by atoms with Crippen molar-refractivity contribution in [2.45, 2.75) is 0 Å². The van der Waals surface area contributed by atoms with Crippen molar-refractivity contribution in [2.24, 2.45) is 0 Å². The van der Waals surface area contributed by atoms with Gasteiger partial charge in [-0.15, -0.1) is 0 Å². The van der Waals surface area contributed by atoms with Gasteiger partial charge in [-0.3, -0.25) is 0 Å². The summed E-state index contributed by atoms with van der Waals surface area (Å²) in [6.07, 6.45) is 1.62. The summed E-state index contributed by atoms with van der Waals surface area (Å²) in [5.41, 5.74) is 0. The van der Waals surface area contributed by atoms with E-state index in [1.54, 1.807) is 20.2 Å². The highest BCUT2D eigenvalue weighted by Gasteiger charge is 1.92. The van der Waals surface area contributed by atoms with Crippen molar-refractivity contribution in [1.29, 1.82) is 0 Å². The smallest absolute Gasteiger partial charge is 0.0964 e. The lowest BCUT2D eigenvalue weighted by Gasteiger charge is -2.31. The summed E-state index contributed by atoms with van der Waals surface area (Å²) in [6, 6.07) is 0. The van der Waals surface area contributed by atoms with E-state index in [0.717, 1.165) is 0 Å². The third-order valence-corrected chi connectivity index (χ3v) is 0.569. The molecule has 0 unspecified atom stereocenters. The molecule has 0 aliphatic heterocycles. The second kappa shape index (κ2) is 3.60. The molecule has 0 rings (SSSR count). The molecule has 0 heterocycles. The molecule has 50 valence electrons. The minimum atomic E-state index is -0.274. The van der Waals surface area contributed by atoms with E-state index in [1.165, 1.54) is 0 Å². The van der Waals surface area contributed by atoms with Gasteiger partial charge in [0, 0.05) is 0 Å². The molecule has 3 nitrogen and oxygen atoms in total. The monoisotopic (exact) mass is 118 g/mol. The first-order valence-corrected chi connectivity index (χ1v) is 2.21. The fraction of sp³-hybridized carbons (Fsp3) is 0.600. The summed E-state index contributed by atoms with van der Waals surface area (Å²) in [6.45, 7) is 3.92. The van der Waals surface area contributed by atoms with Crippen molar-refractivity contribution < 1.29 is 4.65 Å². The summed E-state index contributed by atoms with van der Waals surface area (Å²) >= 11 is 0. The number of hydroxylamine groups is 3. The number of nitrogens with zero attached hydrogens (tertiary/aromatic N) is 1. The predicted octanol–water partition coefficient (Wildman–Crippen LogP) is 0.909. The van der Waals surface area contributed by atoms with Crippen LogP contribution in [0.5, 0.6) is 0 Å². The number of rotatable bonds is 2. The first-order chi connectivity index (χ1) is 3.06. The highest BCUT2D eigenvalue weighted by atomic mass is 16.5. The van der Waals surface area contributed by atoms with Gasteiger partial charge < -0.3 is 16.0 Å². The Morgan fingerprint density at radius 2 is 2.00 bits per heavy atom. The van der Waals surface area contributed by atoms with Gasteiger partial charge in [-0.1, -0.05) is 6.58 Å². The molecular formula is C5H14N2O. The molecule has 8 heavy (non-hydrogen) atoms. The number of likely N-dealkylation sites (N-methyl/N-ethyl adjacent to an activating group) is 1. The average Bonchev–Trinajstić information content (AvgIpc) is 1.30. The molecule has 3 heteroatoms. The molecule has 0 fully saturated rings. The van der Waals surface area contributed by atoms with Gasteiger partial charge in [0.1, 0.15) is 0 Å². The van der Waals surface area contributed by atoms with E-state index in [-0.39, 0.29) is 10.8 Å². The zero-order valence-electron chi connectivity index (χ0n) is 5.55. The molecule has 0 atom stereocenters. The van der Waals surface area contributed by atoms with Crippen molar-refractivity contribution in [1.82, 2.24) is 6.15 Å². The molecular weight excluding hydrogens is 104 g/mol. The first-order valence-electron chi connectivity index (χ1n) is 2.21. The van der Waals surface area contributed by atoms with Crippen molar-refractivity contribution >= 4 is 0 Å². The maximum absolute atomic E-state index is 10.6. The van der Waals surface area contributed by atoms with E-state index in [9.17, 15) is 5.21 Å². The molecule has 0 bridgehead atoms. The summed E-state index contributed by atoms with van der Waals surface area (Å²) in [4.78, 5) is 0. The van der Waals surface area contributed by atoms with Crippen LogP contribution in [-0.2, 0) is 0 Å². The number of quaternary nitrogens is 1. The minimum absolute atomic E-state index is 0. The third-order valence-electron chi connectivity index (χ3n) is 0.569. The first kappa shape index (κ1) is 10.6. The van der Waals surface area contributed by atoms with E-state index in [4.69, 9.17) is 0 Å². The zero-order valence-corrected chi connectivity index (χ0v) is 5.55. The van der Waals surface area contributed by atoms with Crippen molar-refractivity contribution in [3.63, 3.8) is 0 Å². The van der Waals surface area contributed by atoms with Gasteiger partial charge in [-0.25, -0.2) is 0 Å². The lowest BCUT2D eigenvalue weighted by molar-refractivity contribution is -0.833. The molecule has 0 aromatic rings. The quantitative estimate of drug-likeness (QED) is 0.333. The average molecular weight is 118 g/mol. The molecule has 0 aromatic heterocycles. The highest BCUT2D eigenvalue weighted by Crippen LogP contribution is 1.88. The molecule has 0 spiro atoms. The van der Waals surface area contributed by atoms with E-state index < -0.39 is 0 Å². The fourth-order valence-electron chi connectivity index (χ4n) is 0.311. The van der Waals surface area contributed by atoms with Crippen LogP contribution in [0.15, 0.2) is 12.7 Å². The summed E-state index contributed by atoms with van der Waals surface area (Å²) in [5.74, 6) is 0. The molecule has 0 aliphatic carbocycles. The van der Waals surface area contributed by atoms with Gasteiger partial charge in [0.05, 0.1) is 20.6 Å². The molecule has 0 radical (unpaired) electrons. The molecule has 0 aliphatic rings. The van der Waals surface area contributed by atoms with Crippen LogP contribution in [0, 0.1) is 5.21 Å². The maximum atomic E-state index is 10.6. The van der Waals surface area contributed by atoms with E-state index in [0.29, 0.717) is 6.54 Å². The third kappa shape index (κ3) is 9.15. The van der Waals surface area contributed by atoms with Gasteiger partial charge in [-0.05, 0) is 6.08 Å². The summed E-state index contributed by atoms with van der Waals surface area (Å²) in [7, 11) is 3.17. The van der Waals surface area contributed by atoms with Crippen LogP contribution < -0.4 is 6.15 Å². The van der Waals surface area contributed by atoms with Gasteiger partial charge >= 0.3 is 0 Å². The maximum Gasteiger partial charge on any atom is 0.0964 e. The molecule has 0 saturated heterocycles. The fourth-order valence-corrected chi connectivity index (χ4v) is 0.311. The van der Waals surface area contributed by atoms with Crippen LogP contribution in [0.2, 0.25) is 0 Å². The van der Waals surface area contributed by atoms with E-state index in [2.05, 4.69) is 6.58 Å². The van der Waals surface area contributed by atoms with Gasteiger partial charge in [0.25, 0.3) is 0 Å². The lowest BCUT2D eigenvalue weighted by Crippen LogP contribution is -2.31. The zero-order chi connectivity index (χ0) is 5.91. The van der Waals surface area contributed by atoms with Crippen LogP contribution in [-0.4, -0.2) is 25.3 Å². The second-order valence-corrected chi connectivity index (χ2v) is 2.05. The van der Waals surface area contributed by atoms with Crippen molar-refractivity contribution in [2.75, 3.05) is 20.6 Å². The summed E-state index contributed by atoms with van der Waals surface area (Å²) < 4.78 is -0.274. The Bertz CT molecular complexity index is 65.3. The Kier molecular flexibility index (Phi) is 4.76. The summed E-state index contributed by atoms with van der Waals surface area (Å²) in [5, 5.41) is 10.6. The van der Waals surface area contributed by atoms with E-state index >= 15 is 0 Å². The largest absolute Gasteiger partial charge is 0.633 e. The Morgan fingerprint density at radius 3 is 2.00 bits per heavy atom.